The summed E-state index contributed by atoms with van der Waals surface area (Å²) in [6.07, 6.45) is 5.99. The summed E-state index contributed by atoms with van der Waals surface area (Å²) in [5.41, 5.74) is 0. The van der Waals surface area contributed by atoms with Gasteiger partial charge in [0.1, 0.15) is 12.1 Å². The van der Waals surface area contributed by atoms with Crippen molar-refractivity contribution in [1.82, 2.24) is 10.2 Å². The normalized spacial score (nSPS) is 42.0. The lowest BCUT2D eigenvalue weighted by Gasteiger charge is -2.44. The number of carbonyl (C=O) groups is 2. The summed E-state index contributed by atoms with van der Waals surface area (Å²) in [5, 5.41) is 2.81. The van der Waals surface area contributed by atoms with Crippen LogP contribution in [0.5, 0.6) is 0 Å². The molecule has 20 heavy (non-hydrogen) atoms. The molecule has 2 bridgehead atoms. The van der Waals surface area contributed by atoms with Crippen LogP contribution in [0.3, 0.4) is 0 Å². The number of nitrogens with one attached hydrogen (secondary N) is 1. The van der Waals surface area contributed by atoms with Crippen LogP contribution in [0.15, 0.2) is 0 Å². The molecule has 112 valence electrons. The molecule has 3 rings (SSSR count). The van der Waals surface area contributed by atoms with Crippen LogP contribution >= 0.6 is 0 Å². The highest BCUT2D eigenvalue weighted by atomic mass is 16.2. The fourth-order valence-electron chi connectivity index (χ4n) is 4.83. The Kier molecular flexibility index (Phi) is 3.51. The first kappa shape index (κ1) is 13.9. The van der Waals surface area contributed by atoms with Crippen molar-refractivity contribution < 1.29 is 9.59 Å². The maximum atomic E-state index is 12.6. The number of rotatable bonds is 3. The predicted molar refractivity (Wildman–Crippen MR) is 76.9 cm³/mol. The Balaban J connectivity index is 1.81. The Morgan fingerprint density at radius 3 is 2.60 bits per heavy atom. The van der Waals surface area contributed by atoms with Gasteiger partial charge in [-0.3, -0.25) is 9.59 Å². The van der Waals surface area contributed by atoms with E-state index >= 15 is 0 Å². The number of piperazine rings is 1. The minimum atomic E-state index is -0.369. The van der Waals surface area contributed by atoms with Crippen LogP contribution in [-0.4, -0.2) is 34.8 Å². The molecule has 6 unspecified atom stereocenters. The molecule has 2 saturated carbocycles. The van der Waals surface area contributed by atoms with E-state index in [0.717, 1.165) is 11.8 Å². The number of carbonyl (C=O) groups excluding carboxylic acids is 2. The van der Waals surface area contributed by atoms with Gasteiger partial charge in [-0.1, -0.05) is 13.3 Å². The fraction of sp³-hybridized carbons (Fsp3) is 0.875. The predicted octanol–water partition coefficient (Wildman–Crippen LogP) is 1.94. The average Bonchev–Trinajstić information content (AvgIpc) is 3.04. The van der Waals surface area contributed by atoms with Gasteiger partial charge in [-0.05, 0) is 57.3 Å². The zero-order valence-electron chi connectivity index (χ0n) is 12.8. The molecule has 3 aliphatic rings. The van der Waals surface area contributed by atoms with Crippen molar-refractivity contribution >= 4 is 11.8 Å². The van der Waals surface area contributed by atoms with Crippen LogP contribution in [-0.2, 0) is 9.59 Å². The topological polar surface area (TPSA) is 49.4 Å². The van der Waals surface area contributed by atoms with Gasteiger partial charge >= 0.3 is 0 Å². The molecule has 1 heterocycles. The summed E-state index contributed by atoms with van der Waals surface area (Å²) in [4.78, 5) is 26.6. The third-order valence-corrected chi connectivity index (χ3v) is 5.86. The van der Waals surface area contributed by atoms with Crippen LogP contribution < -0.4 is 5.32 Å². The SMILES string of the molecule is CCC1C(=O)NC(C)C(=O)N1C(C)C1CC2CCC1C2. The molecular formula is C16H26N2O2. The van der Waals surface area contributed by atoms with Crippen molar-refractivity contribution in [3.8, 4) is 0 Å². The quantitative estimate of drug-likeness (QED) is 0.857. The summed E-state index contributed by atoms with van der Waals surface area (Å²) in [6, 6.07) is -0.435. The summed E-state index contributed by atoms with van der Waals surface area (Å²) in [5.74, 6) is 2.38. The smallest absolute Gasteiger partial charge is 0.245 e. The van der Waals surface area contributed by atoms with Gasteiger partial charge in [0.25, 0.3) is 0 Å². The lowest BCUT2D eigenvalue weighted by molar-refractivity contribution is -0.153. The lowest BCUT2D eigenvalue weighted by atomic mass is 9.82. The molecule has 2 amide bonds. The van der Waals surface area contributed by atoms with Crippen molar-refractivity contribution in [2.24, 2.45) is 17.8 Å². The maximum absolute atomic E-state index is 12.6. The summed E-state index contributed by atoms with van der Waals surface area (Å²) in [7, 11) is 0. The zero-order chi connectivity index (χ0) is 14.4. The van der Waals surface area contributed by atoms with E-state index in [2.05, 4.69) is 12.2 Å². The Morgan fingerprint density at radius 2 is 2.05 bits per heavy atom. The van der Waals surface area contributed by atoms with Crippen LogP contribution in [0.2, 0.25) is 0 Å². The second kappa shape index (κ2) is 5.05. The van der Waals surface area contributed by atoms with Crippen LogP contribution in [0.1, 0.15) is 52.9 Å². The van der Waals surface area contributed by atoms with Crippen LogP contribution in [0, 0.1) is 17.8 Å². The van der Waals surface area contributed by atoms with Crippen LogP contribution in [0.4, 0.5) is 0 Å². The Hall–Kier alpha value is -1.06. The molecule has 4 nitrogen and oxygen atoms in total. The highest BCUT2D eigenvalue weighted by molar-refractivity contribution is 5.96. The van der Waals surface area contributed by atoms with E-state index in [1.165, 1.54) is 25.7 Å². The molecule has 1 N–H and O–H groups in total. The van der Waals surface area contributed by atoms with Crippen LogP contribution in [0.25, 0.3) is 0 Å². The second-order valence-corrected chi connectivity index (χ2v) is 6.98. The largest absolute Gasteiger partial charge is 0.343 e. The highest BCUT2D eigenvalue weighted by Gasteiger charge is 2.48. The number of nitrogens with zero attached hydrogens (tertiary/aromatic N) is 1. The van der Waals surface area contributed by atoms with Crippen molar-refractivity contribution in [3.05, 3.63) is 0 Å². The second-order valence-electron chi connectivity index (χ2n) is 6.98. The number of hydrogen-bond donors (Lipinski definition) is 1. The third-order valence-electron chi connectivity index (χ3n) is 5.86. The summed E-state index contributed by atoms with van der Waals surface area (Å²) < 4.78 is 0. The first-order valence-electron chi connectivity index (χ1n) is 8.15. The molecule has 0 aromatic carbocycles. The van der Waals surface area contributed by atoms with E-state index in [1.54, 1.807) is 6.92 Å². The Labute approximate surface area is 121 Å². The van der Waals surface area contributed by atoms with E-state index < -0.39 is 0 Å². The van der Waals surface area contributed by atoms with E-state index in [0.29, 0.717) is 12.3 Å². The average molecular weight is 278 g/mol. The van der Waals surface area contributed by atoms with Gasteiger partial charge in [0, 0.05) is 6.04 Å². The van der Waals surface area contributed by atoms with E-state index in [-0.39, 0.29) is 29.9 Å². The monoisotopic (exact) mass is 278 g/mol. The van der Waals surface area contributed by atoms with Gasteiger partial charge in [0.15, 0.2) is 0 Å². The minimum absolute atomic E-state index is 0.0228. The molecule has 0 aromatic rings. The Morgan fingerprint density at radius 1 is 1.30 bits per heavy atom. The van der Waals surface area contributed by atoms with Gasteiger partial charge in [-0.2, -0.15) is 0 Å². The number of hydrogen-bond acceptors (Lipinski definition) is 2. The minimum Gasteiger partial charge on any atom is -0.343 e. The standard InChI is InChI=1S/C16H26N2O2/c1-4-14-15(19)17-9(2)16(20)18(14)10(3)13-8-11-5-6-12(13)7-11/h9-14H,4-8H2,1-3H3,(H,17,19). The van der Waals surface area contributed by atoms with E-state index in [9.17, 15) is 9.59 Å². The van der Waals surface area contributed by atoms with Gasteiger partial charge in [-0.25, -0.2) is 0 Å². The molecule has 0 aromatic heterocycles. The summed E-state index contributed by atoms with van der Waals surface area (Å²) >= 11 is 0. The molecule has 0 radical (unpaired) electrons. The lowest BCUT2D eigenvalue weighted by Crippen LogP contribution is -2.65. The highest BCUT2D eigenvalue weighted by Crippen LogP contribution is 2.50. The first-order valence-corrected chi connectivity index (χ1v) is 8.15. The molecule has 4 heteroatoms. The zero-order valence-corrected chi connectivity index (χ0v) is 12.8. The molecular weight excluding hydrogens is 252 g/mol. The number of amides is 2. The van der Waals surface area contributed by atoms with Crippen molar-refractivity contribution in [3.63, 3.8) is 0 Å². The van der Waals surface area contributed by atoms with Gasteiger partial charge in [0.2, 0.25) is 11.8 Å². The van der Waals surface area contributed by atoms with Gasteiger partial charge in [0.05, 0.1) is 0 Å². The van der Waals surface area contributed by atoms with Gasteiger partial charge in [-0.15, -0.1) is 0 Å². The van der Waals surface area contributed by atoms with Crippen molar-refractivity contribution in [1.29, 1.82) is 0 Å². The van der Waals surface area contributed by atoms with Crippen molar-refractivity contribution in [2.45, 2.75) is 71.0 Å². The van der Waals surface area contributed by atoms with Gasteiger partial charge < -0.3 is 10.2 Å². The van der Waals surface area contributed by atoms with Crippen molar-refractivity contribution in [2.75, 3.05) is 0 Å². The number of fused-ring (bicyclic) bond motifs is 2. The first-order chi connectivity index (χ1) is 9.52. The molecule has 1 saturated heterocycles. The third kappa shape index (κ3) is 2.04. The molecule has 0 spiro atoms. The summed E-state index contributed by atoms with van der Waals surface area (Å²) in [6.45, 7) is 5.96. The fourth-order valence-corrected chi connectivity index (χ4v) is 4.83. The molecule has 6 atom stereocenters. The Bertz CT molecular complexity index is 423. The maximum Gasteiger partial charge on any atom is 0.245 e. The molecule has 1 aliphatic heterocycles. The van der Waals surface area contributed by atoms with E-state index in [1.807, 2.05) is 11.8 Å². The molecule has 3 fully saturated rings. The van der Waals surface area contributed by atoms with E-state index in [4.69, 9.17) is 0 Å². The molecule has 2 aliphatic carbocycles.